The Morgan fingerprint density at radius 3 is 2.58 bits per heavy atom. The van der Waals surface area contributed by atoms with Crippen LogP contribution in [0.1, 0.15) is 80.3 Å². The van der Waals surface area contributed by atoms with Crippen LogP contribution >= 0.6 is 0 Å². The van der Waals surface area contributed by atoms with Crippen molar-refractivity contribution in [3.05, 3.63) is 77.6 Å². The molecule has 10 nitrogen and oxygen atoms in total. The Morgan fingerprint density at radius 2 is 1.92 bits per heavy atom. The summed E-state index contributed by atoms with van der Waals surface area (Å²) in [5, 5.41) is 1.45. The molecule has 2 fully saturated rings. The number of rotatable bonds is 12. The van der Waals surface area contributed by atoms with E-state index in [1.54, 1.807) is 32.8 Å². The molecule has 0 unspecified atom stereocenters. The molecule has 2 aromatic carbocycles. The third-order valence-corrected chi connectivity index (χ3v) is 10.9. The van der Waals surface area contributed by atoms with E-state index >= 15 is 0 Å². The molecule has 3 aliphatic rings. The van der Waals surface area contributed by atoms with E-state index in [4.69, 9.17) is 19.5 Å². The molecule has 1 N–H and O–H groups in total. The van der Waals surface area contributed by atoms with Crippen molar-refractivity contribution >= 4 is 26.8 Å². The lowest BCUT2D eigenvalue weighted by Gasteiger charge is -2.28. The van der Waals surface area contributed by atoms with E-state index in [1.165, 1.54) is 13.8 Å². The van der Waals surface area contributed by atoms with Crippen LogP contribution in [0.15, 0.2) is 65.1 Å². The Balaban J connectivity index is 1.33. The number of hydrogen-bond acceptors (Lipinski definition) is 7. The maximum absolute atomic E-state index is 14.5. The summed E-state index contributed by atoms with van der Waals surface area (Å²) in [5.41, 5.74) is 2.12. The number of hydrogen-bond donors (Lipinski definition) is 1. The lowest BCUT2D eigenvalue weighted by molar-refractivity contribution is 0.221. The van der Waals surface area contributed by atoms with Gasteiger partial charge < -0.3 is 14.4 Å². The molecule has 3 aliphatic carbocycles. The van der Waals surface area contributed by atoms with Gasteiger partial charge in [-0.3, -0.25) is 9.55 Å². The van der Waals surface area contributed by atoms with Crippen LogP contribution in [0.5, 0.6) is 11.5 Å². The van der Waals surface area contributed by atoms with E-state index in [0.717, 1.165) is 83.9 Å². The molecule has 2 aromatic heterocycles. The van der Waals surface area contributed by atoms with E-state index in [-0.39, 0.29) is 17.5 Å². The Kier molecular flexibility index (Phi) is 8.65. The van der Waals surface area contributed by atoms with Gasteiger partial charge in [-0.1, -0.05) is 0 Å². The Morgan fingerprint density at radius 1 is 1.10 bits per heavy atom. The van der Waals surface area contributed by atoms with Crippen molar-refractivity contribution in [1.29, 1.82) is 0 Å². The maximum atomic E-state index is 14.5. The van der Waals surface area contributed by atoms with Crippen LogP contribution in [0.4, 0.5) is 4.39 Å². The Hall–Kier alpha value is -4.03. The number of sulfonamides is 1. The summed E-state index contributed by atoms with van der Waals surface area (Å²) < 4.78 is 57.9. The standard InChI is InChI=1S/C36H43FN6O4S/c1-36(2,37)21-40-48(44,45)34-17-28-27(30-18-39-32(16-29(30)34)24-7-8-24)11-12-31(28)41-35(42-14-13-38-22-42)43(19-23-5-6-23)20-25-9-10-26(46-3)15-33(25)47-4/h9-10,13-18,22-24,31,40H,5-8,11-12,19-21H2,1-4H3/t31-/m1/s1. The van der Waals surface area contributed by atoms with Crippen molar-refractivity contribution in [3.63, 3.8) is 0 Å². The number of imidazole rings is 1. The molecule has 1 atom stereocenters. The number of fused-ring (bicyclic) bond motifs is 3. The van der Waals surface area contributed by atoms with Crippen molar-refractivity contribution in [3.8, 4) is 11.5 Å². The minimum atomic E-state index is -4.05. The molecule has 2 heterocycles. The first-order chi connectivity index (χ1) is 23.0. The summed E-state index contributed by atoms with van der Waals surface area (Å²) in [6.45, 7) is 3.76. The number of methoxy groups -OCH3 is 2. The summed E-state index contributed by atoms with van der Waals surface area (Å²) in [7, 11) is -0.759. The SMILES string of the molecule is COc1ccc(CN(CC2CC2)C(=N[C@@H]2CCc3c2cc(S(=O)(=O)NCC(C)(C)F)c2cc(C4CC4)ncc32)n2ccnc2)c(OC)c1. The minimum absolute atomic E-state index is 0.147. The van der Waals surface area contributed by atoms with Crippen LogP contribution in [0.25, 0.3) is 10.8 Å². The summed E-state index contributed by atoms with van der Waals surface area (Å²) in [5.74, 6) is 3.09. The van der Waals surface area contributed by atoms with Gasteiger partial charge >= 0.3 is 0 Å². The topological polar surface area (TPSA) is 111 Å². The second-order valence-electron chi connectivity index (χ2n) is 13.9. The number of ether oxygens (including phenoxy) is 2. The molecule has 2 saturated carbocycles. The summed E-state index contributed by atoms with van der Waals surface area (Å²) in [6, 6.07) is 9.23. The lowest BCUT2D eigenvalue weighted by atomic mass is 10.0. The van der Waals surface area contributed by atoms with Crippen LogP contribution in [0.2, 0.25) is 0 Å². The van der Waals surface area contributed by atoms with Crippen molar-refractivity contribution < 1.29 is 22.3 Å². The molecule has 254 valence electrons. The Labute approximate surface area is 281 Å². The van der Waals surface area contributed by atoms with E-state index in [0.29, 0.717) is 30.2 Å². The number of alkyl halides is 1. The van der Waals surface area contributed by atoms with E-state index in [1.807, 2.05) is 41.2 Å². The molecule has 0 radical (unpaired) electrons. The van der Waals surface area contributed by atoms with Gasteiger partial charge in [0.2, 0.25) is 16.0 Å². The number of pyridine rings is 1. The van der Waals surface area contributed by atoms with Crippen LogP contribution in [-0.4, -0.2) is 66.8 Å². The molecule has 48 heavy (non-hydrogen) atoms. The van der Waals surface area contributed by atoms with Crippen LogP contribution < -0.4 is 14.2 Å². The van der Waals surface area contributed by atoms with Crippen LogP contribution in [-0.2, 0) is 23.0 Å². The number of aliphatic imine (C=N–C) groups is 1. The molecule has 0 aliphatic heterocycles. The zero-order chi connectivity index (χ0) is 33.6. The maximum Gasteiger partial charge on any atom is 0.241 e. The molecule has 0 saturated heterocycles. The highest BCUT2D eigenvalue weighted by atomic mass is 32.2. The third kappa shape index (κ3) is 6.91. The molecular formula is C36H43FN6O4S. The summed E-state index contributed by atoms with van der Waals surface area (Å²) in [6.07, 6.45) is 13.1. The molecule has 0 amide bonds. The van der Waals surface area contributed by atoms with E-state index in [2.05, 4.69) is 14.6 Å². The van der Waals surface area contributed by atoms with Gasteiger partial charge in [0.25, 0.3) is 0 Å². The normalized spacial score (nSPS) is 18.3. The van der Waals surface area contributed by atoms with Gasteiger partial charge in [-0.2, -0.15) is 0 Å². The highest BCUT2D eigenvalue weighted by Crippen LogP contribution is 2.44. The number of aromatic nitrogens is 3. The molecule has 0 bridgehead atoms. The number of halogens is 1. The largest absolute Gasteiger partial charge is 0.497 e. The predicted molar refractivity (Wildman–Crippen MR) is 183 cm³/mol. The average Bonchev–Trinajstić information content (AvgIpc) is 3.99. The molecule has 7 rings (SSSR count). The Bertz CT molecular complexity index is 1950. The first-order valence-corrected chi connectivity index (χ1v) is 18.2. The van der Waals surface area contributed by atoms with Crippen molar-refractivity contribution in [2.24, 2.45) is 10.9 Å². The minimum Gasteiger partial charge on any atom is -0.497 e. The van der Waals surface area contributed by atoms with Crippen molar-refractivity contribution in [1.82, 2.24) is 24.2 Å². The monoisotopic (exact) mass is 674 g/mol. The molecule has 4 aromatic rings. The predicted octanol–water partition coefficient (Wildman–Crippen LogP) is 6.16. The van der Waals surface area contributed by atoms with Gasteiger partial charge in [0, 0.05) is 72.2 Å². The second-order valence-corrected chi connectivity index (χ2v) is 15.6. The fraction of sp³-hybridized carbons (Fsp3) is 0.472. The van der Waals surface area contributed by atoms with Crippen molar-refractivity contribution in [2.75, 3.05) is 27.3 Å². The van der Waals surface area contributed by atoms with Crippen LogP contribution in [0, 0.1) is 5.92 Å². The van der Waals surface area contributed by atoms with Crippen molar-refractivity contribution in [2.45, 2.75) is 81.4 Å². The summed E-state index contributed by atoms with van der Waals surface area (Å²) in [4.78, 5) is 16.9. The molecule has 12 heteroatoms. The second kappa shape index (κ2) is 12.8. The third-order valence-electron chi connectivity index (χ3n) is 9.47. The van der Waals surface area contributed by atoms with Gasteiger partial charge in [-0.05, 0) is 93.7 Å². The van der Waals surface area contributed by atoms with Gasteiger partial charge in [0.05, 0.1) is 25.2 Å². The quantitative estimate of drug-likeness (QED) is 0.142. The zero-order valence-corrected chi connectivity index (χ0v) is 28.8. The first kappa shape index (κ1) is 32.5. The highest BCUT2D eigenvalue weighted by Gasteiger charge is 2.34. The summed E-state index contributed by atoms with van der Waals surface area (Å²) >= 11 is 0. The van der Waals surface area contributed by atoms with E-state index in [9.17, 15) is 12.8 Å². The van der Waals surface area contributed by atoms with Crippen LogP contribution in [0.3, 0.4) is 0 Å². The van der Waals surface area contributed by atoms with Gasteiger partial charge in [0.1, 0.15) is 23.5 Å². The average molecular weight is 675 g/mol. The van der Waals surface area contributed by atoms with E-state index < -0.39 is 15.7 Å². The molecule has 0 spiro atoms. The number of nitrogens with zero attached hydrogens (tertiary/aromatic N) is 5. The fourth-order valence-electron chi connectivity index (χ4n) is 6.54. The van der Waals surface area contributed by atoms with Gasteiger partial charge in [-0.15, -0.1) is 0 Å². The fourth-order valence-corrected chi connectivity index (χ4v) is 7.97. The lowest BCUT2D eigenvalue weighted by Crippen LogP contribution is -2.37. The highest BCUT2D eigenvalue weighted by molar-refractivity contribution is 7.89. The zero-order valence-electron chi connectivity index (χ0n) is 27.9. The number of benzene rings is 2. The number of nitrogens with one attached hydrogen (secondary N) is 1. The number of aryl methyl sites for hydroxylation is 1. The van der Waals surface area contributed by atoms with Gasteiger partial charge in [-0.25, -0.2) is 27.5 Å². The van der Waals surface area contributed by atoms with Gasteiger partial charge in [0.15, 0.2) is 0 Å². The smallest absolute Gasteiger partial charge is 0.241 e. The molecular weight excluding hydrogens is 631 g/mol. The first-order valence-electron chi connectivity index (χ1n) is 16.7.